The Kier molecular flexibility index (Phi) is 5.86. The number of ether oxygens (including phenoxy) is 1. The highest BCUT2D eigenvalue weighted by molar-refractivity contribution is 7.14. The minimum Gasteiger partial charge on any atom is -0.494 e. The van der Waals surface area contributed by atoms with E-state index in [9.17, 15) is 0 Å². The lowest BCUT2D eigenvalue weighted by Gasteiger charge is -2.11. The fourth-order valence-corrected chi connectivity index (χ4v) is 3.04. The standard InChI is InChI=1S/C20H22N4OS/c1-4-25-18-11-7-16(8-12-18)19-14-26-20(22-19)23-21-13-15-5-9-17(10-6-15)24(2)3/h5-14H,4H2,1-3H3,(H,22,23)/b21-13+. The highest BCUT2D eigenvalue weighted by Gasteiger charge is 2.04. The van der Waals surface area contributed by atoms with Crippen molar-refractivity contribution in [1.29, 1.82) is 0 Å². The van der Waals surface area contributed by atoms with Gasteiger partial charge in [0.15, 0.2) is 0 Å². The molecule has 0 saturated heterocycles. The van der Waals surface area contributed by atoms with Crippen LogP contribution in [0.5, 0.6) is 5.75 Å². The Morgan fingerprint density at radius 1 is 1.12 bits per heavy atom. The van der Waals surface area contributed by atoms with Crippen molar-refractivity contribution in [3.8, 4) is 17.0 Å². The Hall–Kier alpha value is -2.86. The molecule has 1 aromatic heterocycles. The summed E-state index contributed by atoms with van der Waals surface area (Å²) in [5.74, 6) is 0.870. The molecule has 3 rings (SSSR count). The molecule has 0 atom stereocenters. The Labute approximate surface area is 158 Å². The van der Waals surface area contributed by atoms with Crippen molar-refractivity contribution in [2.45, 2.75) is 6.92 Å². The topological polar surface area (TPSA) is 49.8 Å². The number of hydrogen-bond acceptors (Lipinski definition) is 6. The first kappa shape index (κ1) is 17.9. The molecule has 1 N–H and O–H groups in total. The zero-order valence-corrected chi connectivity index (χ0v) is 16.0. The lowest BCUT2D eigenvalue weighted by molar-refractivity contribution is 0.340. The Balaban J connectivity index is 1.61. The van der Waals surface area contributed by atoms with Gasteiger partial charge < -0.3 is 9.64 Å². The molecular formula is C20H22N4OS. The van der Waals surface area contributed by atoms with Gasteiger partial charge in [-0.05, 0) is 48.9 Å². The van der Waals surface area contributed by atoms with E-state index >= 15 is 0 Å². The number of nitrogens with one attached hydrogen (secondary N) is 1. The summed E-state index contributed by atoms with van der Waals surface area (Å²) < 4.78 is 5.47. The Morgan fingerprint density at radius 3 is 2.50 bits per heavy atom. The van der Waals surface area contributed by atoms with E-state index in [1.54, 1.807) is 6.21 Å². The molecule has 0 aliphatic carbocycles. The van der Waals surface area contributed by atoms with Gasteiger partial charge in [-0.3, -0.25) is 5.43 Å². The molecule has 5 nitrogen and oxygen atoms in total. The van der Waals surface area contributed by atoms with E-state index in [2.05, 4.69) is 32.5 Å². The first-order valence-electron chi connectivity index (χ1n) is 8.41. The number of aromatic nitrogens is 1. The highest BCUT2D eigenvalue weighted by atomic mass is 32.1. The van der Waals surface area contributed by atoms with Crippen molar-refractivity contribution in [2.75, 3.05) is 31.0 Å². The summed E-state index contributed by atoms with van der Waals surface area (Å²) in [5.41, 5.74) is 7.17. The number of benzene rings is 2. The minimum atomic E-state index is 0.667. The Bertz CT molecular complexity index is 854. The van der Waals surface area contributed by atoms with Crippen LogP contribution >= 0.6 is 11.3 Å². The zero-order valence-electron chi connectivity index (χ0n) is 15.1. The van der Waals surface area contributed by atoms with E-state index in [0.29, 0.717) is 6.61 Å². The van der Waals surface area contributed by atoms with Gasteiger partial charge in [0, 0.05) is 30.7 Å². The maximum Gasteiger partial charge on any atom is 0.203 e. The first-order chi connectivity index (χ1) is 12.7. The monoisotopic (exact) mass is 366 g/mol. The lowest BCUT2D eigenvalue weighted by Crippen LogP contribution is -2.08. The quantitative estimate of drug-likeness (QED) is 0.485. The third kappa shape index (κ3) is 4.61. The predicted molar refractivity (Wildman–Crippen MR) is 111 cm³/mol. The van der Waals surface area contributed by atoms with E-state index in [1.807, 2.05) is 62.8 Å². The van der Waals surface area contributed by atoms with Gasteiger partial charge in [-0.2, -0.15) is 5.10 Å². The van der Waals surface area contributed by atoms with Gasteiger partial charge in [-0.1, -0.05) is 12.1 Å². The van der Waals surface area contributed by atoms with Crippen molar-refractivity contribution in [2.24, 2.45) is 5.10 Å². The van der Waals surface area contributed by atoms with Gasteiger partial charge in [0.25, 0.3) is 0 Å². The molecule has 0 bridgehead atoms. The lowest BCUT2D eigenvalue weighted by atomic mass is 10.2. The second-order valence-corrected chi connectivity index (χ2v) is 6.71. The average molecular weight is 366 g/mol. The van der Waals surface area contributed by atoms with Crippen LogP contribution < -0.4 is 15.1 Å². The predicted octanol–water partition coefficient (Wildman–Crippen LogP) is 4.72. The maximum absolute atomic E-state index is 5.47. The van der Waals surface area contributed by atoms with Gasteiger partial charge >= 0.3 is 0 Å². The van der Waals surface area contributed by atoms with Crippen LogP contribution in [0.25, 0.3) is 11.3 Å². The molecule has 0 aliphatic rings. The second kappa shape index (κ2) is 8.49. The highest BCUT2D eigenvalue weighted by Crippen LogP contribution is 2.26. The second-order valence-electron chi connectivity index (χ2n) is 5.85. The third-order valence-corrected chi connectivity index (χ3v) is 4.50. The van der Waals surface area contributed by atoms with Crippen LogP contribution in [0.15, 0.2) is 59.0 Å². The first-order valence-corrected chi connectivity index (χ1v) is 9.29. The largest absolute Gasteiger partial charge is 0.494 e. The molecule has 6 heteroatoms. The summed E-state index contributed by atoms with van der Waals surface area (Å²) in [6, 6.07) is 16.1. The van der Waals surface area contributed by atoms with Crippen LogP contribution in [0.3, 0.4) is 0 Å². The number of thiazole rings is 1. The number of hydrazone groups is 1. The number of rotatable bonds is 7. The fraction of sp³-hybridized carbons (Fsp3) is 0.200. The summed E-state index contributed by atoms with van der Waals surface area (Å²) in [4.78, 5) is 6.64. The minimum absolute atomic E-state index is 0.667. The van der Waals surface area contributed by atoms with Gasteiger partial charge in [-0.25, -0.2) is 4.98 Å². The van der Waals surface area contributed by atoms with E-state index < -0.39 is 0 Å². The molecule has 0 spiro atoms. The van der Waals surface area contributed by atoms with Crippen LogP contribution in [-0.2, 0) is 0 Å². The fourth-order valence-electron chi connectivity index (χ4n) is 2.37. The molecule has 0 fully saturated rings. The molecule has 0 unspecified atom stereocenters. The van der Waals surface area contributed by atoms with Crippen molar-refractivity contribution in [1.82, 2.24) is 4.98 Å². The van der Waals surface area contributed by atoms with E-state index in [4.69, 9.17) is 4.74 Å². The van der Waals surface area contributed by atoms with Crippen LogP contribution in [0.4, 0.5) is 10.8 Å². The van der Waals surface area contributed by atoms with Crippen LogP contribution in [0.1, 0.15) is 12.5 Å². The molecule has 0 amide bonds. The SMILES string of the molecule is CCOc1ccc(-c2csc(N/N=C/c3ccc(N(C)C)cc3)n2)cc1. The summed E-state index contributed by atoms with van der Waals surface area (Å²) in [6.45, 7) is 2.64. The van der Waals surface area contributed by atoms with E-state index in [0.717, 1.165) is 33.4 Å². The average Bonchev–Trinajstić information content (AvgIpc) is 3.12. The molecule has 26 heavy (non-hydrogen) atoms. The maximum atomic E-state index is 5.47. The molecule has 0 radical (unpaired) electrons. The van der Waals surface area contributed by atoms with Crippen LogP contribution in [0, 0.1) is 0 Å². The number of nitrogens with zero attached hydrogens (tertiary/aromatic N) is 3. The molecule has 1 heterocycles. The summed E-state index contributed by atoms with van der Waals surface area (Å²) in [5, 5.41) is 7.04. The zero-order chi connectivity index (χ0) is 18.4. The Morgan fingerprint density at radius 2 is 1.85 bits per heavy atom. The van der Waals surface area contributed by atoms with Crippen LogP contribution in [-0.4, -0.2) is 31.9 Å². The molecule has 134 valence electrons. The van der Waals surface area contributed by atoms with Crippen molar-refractivity contribution >= 4 is 28.4 Å². The van der Waals surface area contributed by atoms with Gasteiger partial charge in [0.1, 0.15) is 5.75 Å². The van der Waals surface area contributed by atoms with Crippen molar-refractivity contribution in [3.05, 3.63) is 59.5 Å². The van der Waals surface area contributed by atoms with Crippen molar-refractivity contribution < 1.29 is 4.74 Å². The number of hydrogen-bond donors (Lipinski definition) is 1. The van der Waals surface area contributed by atoms with Gasteiger partial charge in [0.2, 0.25) is 5.13 Å². The van der Waals surface area contributed by atoms with E-state index in [-0.39, 0.29) is 0 Å². The summed E-state index contributed by atoms with van der Waals surface area (Å²) in [6.07, 6.45) is 1.79. The van der Waals surface area contributed by atoms with E-state index in [1.165, 1.54) is 11.3 Å². The molecule has 2 aromatic carbocycles. The smallest absolute Gasteiger partial charge is 0.203 e. The summed E-state index contributed by atoms with van der Waals surface area (Å²) >= 11 is 1.53. The van der Waals surface area contributed by atoms with Gasteiger partial charge in [0.05, 0.1) is 18.5 Å². The molecular weight excluding hydrogens is 344 g/mol. The number of anilines is 2. The normalized spacial score (nSPS) is 10.9. The molecule has 0 aliphatic heterocycles. The molecule has 3 aromatic rings. The summed E-state index contributed by atoms with van der Waals surface area (Å²) in [7, 11) is 4.05. The third-order valence-electron chi connectivity index (χ3n) is 3.75. The van der Waals surface area contributed by atoms with Gasteiger partial charge in [-0.15, -0.1) is 11.3 Å². The van der Waals surface area contributed by atoms with Crippen LogP contribution in [0.2, 0.25) is 0 Å². The van der Waals surface area contributed by atoms with Crippen molar-refractivity contribution in [3.63, 3.8) is 0 Å². The molecule has 0 saturated carbocycles.